The Kier molecular flexibility index (Phi) is 14.6. The number of ether oxygens (including phenoxy) is 4. The topological polar surface area (TPSA) is 164 Å². The first kappa shape index (κ1) is 41.1. The molecular formula is C35H50ClN3O10S. The number of esters is 1. The van der Waals surface area contributed by atoms with Crippen molar-refractivity contribution >= 4 is 53.8 Å². The average Bonchev–Trinajstić information content (AvgIpc) is 3.07. The van der Waals surface area contributed by atoms with Gasteiger partial charge in [0.1, 0.15) is 35.1 Å². The van der Waals surface area contributed by atoms with Crippen LogP contribution in [0.5, 0.6) is 5.75 Å². The third-order valence-electron chi connectivity index (χ3n) is 9.53. The summed E-state index contributed by atoms with van der Waals surface area (Å²) in [6.07, 6.45) is -0.226. The number of carbonyl (C=O) groups is 4. The fourth-order valence-corrected chi connectivity index (χ4v) is 6.59. The van der Waals surface area contributed by atoms with Gasteiger partial charge in [0.05, 0.1) is 25.3 Å². The number of fused-ring (bicyclic) bond motifs is 4. The summed E-state index contributed by atoms with van der Waals surface area (Å²) >= 11 is 10.8. The number of allylic oxidation sites excluding steroid dienone is 3. The Balaban J connectivity index is 2.13. The Labute approximate surface area is 304 Å². The molecule has 1 fully saturated rings. The average molecular weight is 740 g/mol. The standard InChI is InChI=1S/C35H50ClN3O10S/c1-19-10-9-11-28(47-8)35(45)18-27(49-34(44)37-35)21(3)32(42)20(2)25(48-33(43)22(4)38(5)29(40)12-13-50)17-30(41)39(6)24-15-23(14-19)16-26(46-7)31(24)36/h9-11,15-16,20-22,25,27-28,32,42,45,50H,12-14,17-18H2,1-8H3,(H,37,44)/b11-9+,19-10+/t20-,21?,22+,25+,27+,28-,32-,35+/m1/s1. The van der Waals surface area contributed by atoms with Crippen LogP contribution in [0.2, 0.25) is 5.02 Å². The second-order valence-electron chi connectivity index (χ2n) is 13.1. The molecule has 1 unspecified atom stereocenters. The zero-order chi connectivity index (χ0) is 37.5. The lowest BCUT2D eigenvalue weighted by Gasteiger charge is -2.43. The number of benzene rings is 1. The van der Waals surface area contributed by atoms with Crippen molar-refractivity contribution in [3.8, 4) is 5.75 Å². The number of likely N-dealkylation sites (N-methyl/N-ethyl adjacent to an activating group) is 1. The largest absolute Gasteiger partial charge is 0.495 e. The number of amides is 3. The van der Waals surface area contributed by atoms with E-state index in [1.165, 1.54) is 45.0 Å². The number of nitrogens with one attached hydrogen (secondary N) is 1. The van der Waals surface area contributed by atoms with Crippen molar-refractivity contribution in [2.24, 2.45) is 11.8 Å². The third kappa shape index (κ3) is 9.72. The second-order valence-corrected chi connectivity index (χ2v) is 13.9. The summed E-state index contributed by atoms with van der Waals surface area (Å²) in [6, 6.07) is 2.52. The van der Waals surface area contributed by atoms with E-state index in [0.29, 0.717) is 17.9 Å². The van der Waals surface area contributed by atoms with E-state index in [2.05, 4.69) is 17.9 Å². The van der Waals surface area contributed by atoms with Gasteiger partial charge in [-0.3, -0.25) is 14.9 Å². The molecule has 1 aromatic carbocycles. The Bertz CT molecular complexity index is 1470. The molecule has 2 aliphatic heterocycles. The van der Waals surface area contributed by atoms with Crippen LogP contribution in [-0.2, 0) is 35.0 Å². The summed E-state index contributed by atoms with van der Waals surface area (Å²) < 4.78 is 22.6. The van der Waals surface area contributed by atoms with E-state index in [4.69, 9.17) is 30.5 Å². The highest BCUT2D eigenvalue weighted by Crippen LogP contribution is 2.38. The summed E-state index contributed by atoms with van der Waals surface area (Å²) in [6.45, 7) is 6.65. The summed E-state index contributed by atoms with van der Waals surface area (Å²) in [5.74, 6) is -2.66. The highest BCUT2D eigenvalue weighted by molar-refractivity contribution is 7.80. The molecule has 0 radical (unpaired) electrons. The molecule has 3 rings (SSSR count). The zero-order valence-corrected chi connectivity index (χ0v) is 31.5. The number of anilines is 1. The number of methoxy groups -OCH3 is 2. The van der Waals surface area contributed by atoms with Crippen LogP contribution in [0.3, 0.4) is 0 Å². The number of aliphatic hydroxyl groups is 2. The lowest BCUT2D eigenvalue weighted by molar-refractivity contribution is -0.167. The first-order valence-corrected chi connectivity index (χ1v) is 17.4. The predicted octanol–water partition coefficient (Wildman–Crippen LogP) is 3.67. The summed E-state index contributed by atoms with van der Waals surface area (Å²) in [7, 11) is 5.87. The maximum atomic E-state index is 14.0. The molecule has 0 aliphatic carbocycles. The minimum absolute atomic E-state index is 0.107. The molecule has 278 valence electrons. The molecule has 4 bridgehead atoms. The molecule has 50 heavy (non-hydrogen) atoms. The Hall–Kier alpha value is -3.30. The van der Waals surface area contributed by atoms with Crippen LogP contribution in [0.4, 0.5) is 10.5 Å². The number of halogens is 1. The fourth-order valence-electron chi connectivity index (χ4n) is 6.08. The molecule has 3 amide bonds. The minimum Gasteiger partial charge on any atom is -0.495 e. The van der Waals surface area contributed by atoms with Crippen molar-refractivity contribution in [2.75, 3.05) is 39.0 Å². The molecule has 2 heterocycles. The maximum absolute atomic E-state index is 14.0. The van der Waals surface area contributed by atoms with Crippen molar-refractivity contribution in [1.29, 1.82) is 0 Å². The summed E-state index contributed by atoms with van der Waals surface area (Å²) in [5, 5.41) is 26.0. The van der Waals surface area contributed by atoms with Gasteiger partial charge in [-0.1, -0.05) is 49.2 Å². The number of nitrogens with zero attached hydrogens (tertiary/aromatic N) is 2. The van der Waals surface area contributed by atoms with Gasteiger partial charge in [0.2, 0.25) is 11.8 Å². The molecule has 0 saturated carbocycles. The number of carbonyl (C=O) groups excluding carboxylic acids is 4. The van der Waals surface area contributed by atoms with E-state index in [1.54, 1.807) is 38.1 Å². The SMILES string of the molecule is COc1cc2cc(c1Cl)N(C)C(=O)C[C@H](OC(=O)[C@H](C)N(C)C(=O)CCS)[C@@H](C)[C@@H](O)C(C)[C@@H]1C[C@@](O)(NC(=O)O1)[C@H](OC)/C=C/C=C(\C)C2. The highest BCUT2D eigenvalue weighted by atomic mass is 35.5. The number of hydrogen-bond acceptors (Lipinski definition) is 11. The summed E-state index contributed by atoms with van der Waals surface area (Å²) in [5.41, 5.74) is 0.155. The number of thiol groups is 1. The van der Waals surface area contributed by atoms with Gasteiger partial charge in [0.15, 0.2) is 5.72 Å². The van der Waals surface area contributed by atoms with E-state index in [1.807, 2.05) is 13.0 Å². The van der Waals surface area contributed by atoms with E-state index in [9.17, 15) is 29.4 Å². The molecular weight excluding hydrogens is 690 g/mol. The van der Waals surface area contributed by atoms with Crippen LogP contribution in [0.15, 0.2) is 35.9 Å². The van der Waals surface area contributed by atoms with Crippen molar-refractivity contribution in [3.63, 3.8) is 0 Å². The van der Waals surface area contributed by atoms with Gasteiger partial charge in [0, 0.05) is 45.9 Å². The van der Waals surface area contributed by atoms with Gasteiger partial charge in [-0.2, -0.15) is 12.6 Å². The third-order valence-corrected chi connectivity index (χ3v) is 10.1. The lowest BCUT2D eigenvalue weighted by Crippen LogP contribution is -2.64. The van der Waals surface area contributed by atoms with Crippen molar-refractivity contribution in [2.45, 2.75) is 89.6 Å². The molecule has 13 nitrogen and oxygen atoms in total. The normalized spacial score (nSPS) is 30.2. The first-order chi connectivity index (χ1) is 23.5. The lowest BCUT2D eigenvalue weighted by atomic mass is 9.81. The van der Waals surface area contributed by atoms with E-state index in [0.717, 1.165) is 11.1 Å². The van der Waals surface area contributed by atoms with Gasteiger partial charge >= 0.3 is 12.1 Å². The quantitative estimate of drug-likeness (QED) is 0.240. The maximum Gasteiger partial charge on any atom is 0.409 e. The Morgan fingerprint density at radius 1 is 1.24 bits per heavy atom. The van der Waals surface area contributed by atoms with E-state index in [-0.39, 0.29) is 35.9 Å². The van der Waals surface area contributed by atoms with Crippen molar-refractivity contribution < 1.29 is 48.3 Å². The van der Waals surface area contributed by atoms with Crippen LogP contribution >= 0.6 is 24.2 Å². The predicted molar refractivity (Wildman–Crippen MR) is 191 cm³/mol. The van der Waals surface area contributed by atoms with Crippen LogP contribution in [0, 0.1) is 11.8 Å². The number of rotatable bonds is 7. The fraction of sp³-hybridized carbons (Fsp3) is 0.600. The van der Waals surface area contributed by atoms with Crippen LogP contribution in [-0.4, -0.2) is 109 Å². The minimum atomic E-state index is -1.89. The number of alkyl carbamates (subject to hydrolysis) is 1. The van der Waals surface area contributed by atoms with Gasteiger partial charge in [-0.15, -0.1) is 0 Å². The highest BCUT2D eigenvalue weighted by Gasteiger charge is 2.48. The number of aliphatic hydroxyl groups excluding tert-OH is 1. The Morgan fingerprint density at radius 2 is 1.92 bits per heavy atom. The van der Waals surface area contributed by atoms with E-state index >= 15 is 0 Å². The molecule has 0 spiro atoms. The molecule has 1 aromatic rings. The van der Waals surface area contributed by atoms with Gasteiger partial charge in [-0.25, -0.2) is 9.59 Å². The Morgan fingerprint density at radius 3 is 2.54 bits per heavy atom. The first-order valence-electron chi connectivity index (χ1n) is 16.4. The zero-order valence-electron chi connectivity index (χ0n) is 29.8. The van der Waals surface area contributed by atoms with Crippen LogP contribution < -0.4 is 15.0 Å². The molecule has 8 atom stereocenters. The second kappa shape index (κ2) is 17.8. The van der Waals surface area contributed by atoms with E-state index < -0.39 is 66.0 Å². The van der Waals surface area contributed by atoms with Gasteiger partial charge in [-0.05, 0) is 43.7 Å². The molecule has 2 aliphatic rings. The van der Waals surface area contributed by atoms with Gasteiger partial charge < -0.3 is 39.0 Å². The van der Waals surface area contributed by atoms with Crippen LogP contribution in [0.1, 0.15) is 52.5 Å². The number of hydrogen-bond donors (Lipinski definition) is 4. The molecule has 0 aromatic heterocycles. The smallest absolute Gasteiger partial charge is 0.409 e. The summed E-state index contributed by atoms with van der Waals surface area (Å²) in [4.78, 5) is 55.3. The van der Waals surface area contributed by atoms with Crippen molar-refractivity contribution in [1.82, 2.24) is 10.2 Å². The monoisotopic (exact) mass is 739 g/mol. The molecule has 15 heteroatoms. The van der Waals surface area contributed by atoms with Crippen molar-refractivity contribution in [3.05, 3.63) is 46.5 Å². The van der Waals surface area contributed by atoms with Crippen LogP contribution in [0.25, 0.3) is 0 Å². The molecule has 3 N–H and O–H groups in total. The molecule has 1 saturated heterocycles. The van der Waals surface area contributed by atoms with Gasteiger partial charge in [0.25, 0.3) is 0 Å².